The standard InChI is InChI=1S/C44H44N6O/c1-5-18-40-45-41(43(3,4)51)39(6-2)49(40)31-32-27-29-33(30-28-32)37-25-16-17-26-38(37)42-46-48-50(47-42)44(34-19-10-7-11-20-34,35-21-12-8-13-22-35)36-23-14-9-15-24-36/h7-17,19-30,51H,5-6,18,31H2,1-4H3. The van der Waals surface area contributed by atoms with Crippen LogP contribution in [0.5, 0.6) is 0 Å². The molecule has 2 heterocycles. The predicted octanol–water partition coefficient (Wildman–Crippen LogP) is 8.83. The van der Waals surface area contributed by atoms with Gasteiger partial charge in [-0.05, 0) is 65.3 Å². The van der Waals surface area contributed by atoms with E-state index in [-0.39, 0.29) is 0 Å². The van der Waals surface area contributed by atoms with Crippen molar-refractivity contribution in [1.29, 1.82) is 0 Å². The molecule has 51 heavy (non-hydrogen) atoms. The number of nitrogens with zero attached hydrogens (tertiary/aromatic N) is 6. The summed E-state index contributed by atoms with van der Waals surface area (Å²) in [5, 5.41) is 25.6. The summed E-state index contributed by atoms with van der Waals surface area (Å²) in [4.78, 5) is 6.69. The summed E-state index contributed by atoms with van der Waals surface area (Å²) in [5.41, 5.74) is 7.31. The number of aliphatic hydroxyl groups is 1. The summed E-state index contributed by atoms with van der Waals surface area (Å²) < 4.78 is 2.29. The second-order valence-electron chi connectivity index (χ2n) is 13.5. The second-order valence-corrected chi connectivity index (χ2v) is 13.5. The van der Waals surface area contributed by atoms with E-state index in [0.717, 1.165) is 69.9 Å². The fourth-order valence-electron chi connectivity index (χ4n) is 7.24. The second kappa shape index (κ2) is 14.3. The maximum Gasteiger partial charge on any atom is 0.205 e. The van der Waals surface area contributed by atoms with E-state index in [9.17, 15) is 5.11 Å². The molecule has 0 aliphatic rings. The Labute approximate surface area is 300 Å². The Morgan fingerprint density at radius 1 is 0.647 bits per heavy atom. The first kappa shape index (κ1) is 33.8. The molecule has 0 saturated heterocycles. The van der Waals surface area contributed by atoms with Gasteiger partial charge in [0.25, 0.3) is 0 Å². The molecule has 7 heteroatoms. The molecular formula is C44H44N6O. The maximum atomic E-state index is 10.9. The Bertz CT molecular complexity index is 2100. The molecule has 0 unspecified atom stereocenters. The Kier molecular flexibility index (Phi) is 9.48. The van der Waals surface area contributed by atoms with Gasteiger partial charge in [-0.1, -0.05) is 153 Å². The van der Waals surface area contributed by atoms with Gasteiger partial charge in [0.15, 0.2) is 5.54 Å². The largest absolute Gasteiger partial charge is 0.384 e. The van der Waals surface area contributed by atoms with E-state index in [1.54, 1.807) is 4.80 Å². The van der Waals surface area contributed by atoms with Crippen LogP contribution in [0.3, 0.4) is 0 Å². The highest BCUT2D eigenvalue weighted by atomic mass is 16.3. The van der Waals surface area contributed by atoms with Gasteiger partial charge < -0.3 is 9.67 Å². The fraction of sp³-hybridized carbons (Fsp3) is 0.227. The molecular weight excluding hydrogens is 629 g/mol. The molecule has 0 radical (unpaired) electrons. The monoisotopic (exact) mass is 672 g/mol. The smallest absolute Gasteiger partial charge is 0.205 e. The van der Waals surface area contributed by atoms with E-state index in [0.29, 0.717) is 12.4 Å². The molecule has 0 aliphatic carbocycles. The summed E-state index contributed by atoms with van der Waals surface area (Å²) in [6.45, 7) is 8.63. The van der Waals surface area contributed by atoms with Gasteiger partial charge in [0.2, 0.25) is 5.82 Å². The Morgan fingerprint density at radius 2 is 1.18 bits per heavy atom. The number of tetrazole rings is 1. The zero-order chi connectivity index (χ0) is 35.4. The van der Waals surface area contributed by atoms with Gasteiger partial charge in [0.05, 0.1) is 5.69 Å². The van der Waals surface area contributed by atoms with Gasteiger partial charge in [0, 0.05) is 24.2 Å². The van der Waals surface area contributed by atoms with Crippen LogP contribution in [-0.4, -0.2) is 34.9 Å². The van der Waals surface area contributed by atoms with Crippen LogP contribution in [0.1, 0.15) is 73.6 Å². The summed E-state index contributed by atoms with van der Waals surface area (Å²) in [6, 6.07) is 48.1. The van der Waals surface area contributed by atoms with Crippen molar-refractivity contribution in [2.24, 2.45) is 0 Å². The minimum absolute atomic E-state index is 0.552. The number of rotatable bonds is 12. The first-order chi connectivity index (χ1) is 24.8. The van der Waals surface area contributed by atoms with E-state index in [4.69, 9.17) is 20.4 Å². The van der Waals surface area contributed by atoms with Crippen molar-refractivity contribution in [1.82, 2.24) is 29.8 Å². The van der Waals surface area contributed by atoms with Crippen LogP contribution in [0.2, 0.25) is 0 Å². The summed E-state index contributed by atoms with van der Waals surface area (Å²) in [5.74, 6) is 1.57. The topological polar surface area (TPSA) is 81.7 Å². The predicted molar refractivity (Wildman–Crippen MR) is 203 cm³/mol. The third-order valence-electron chi connectivity index (χ3n) is 9.60. The first-order valence-corrected chi connectivity index (χ1v) is 17.8. The number of aryl methyl sites for hydroxylation is 1. The minimum atomic E-state index is -0.995. The van der Waals surface area contributed by atoms with Crippen LogP contribution in [0.15, 0.2) is 140 Å². The summed E-state index contributed by atoms with van der Waals surface area (Å²) in [6.07, 6.45) is 2.65. The van der Waals surface area contributed by atoms with Crippen LogP contribution in [0.4, 0.5) is 0 Å². The van der Waals surface area contributed by atoms with Crippen molar-refractivity contribution in [3.05, 3.63) is 179 Å². The molecule has 7 rings (SSSR count). The highest BCUT2D eigenvalue weighted by Crippen LogP contribution is 2.40. The molecule has 256 valence electrons. The van der Waals surface area contributed by atoms with E-state index in [1.807, 2.05) is 44.2 Å². The zero-order valence-corrected chi connectivity index (χ0v) is 29.7. The Hall–Kier alpha value is -5.66. The van der Waals surface area contributed by atoms with Crippen LogP contribution in [0, 0.1) is 0 Å². The number of benzene rings is 5. The van der Waals surface area contributed by atoms with Crippen LogP contribution in [0.25, 0.3) is 22.5 Å². The molecule has 0 spiro atoms. The molecule has 0 saturated carbocycles. The molecule has 5 aromatic carbocycles. The molecule has 1 N–H and O–H groups in total. The first-order valence-electron chi connectivity index (χ1n) is 17.8. The van der Waals surface area contributed by atoms with Gasteiger partial charge in [-0.3, -0.25) is 0 Å². The highest BCUT2D eigenvalue weighted by molar-refractivity contribution is 5.80. The highest BCUT2D eigenvalue weighted by Gasteiger charge is 2.41. The molecule has 0 fully saturated rings. The van der Waals surface area contributed by atoms with Crippen LogP contribution < -0.4 is 0 Å². The molecule has 0 bridgehead atoms. The van der Waals surface area contributed by atoms with Crippen molar-refractivity contribution in [3.8, 4) is 22.5 Å². The van der Waals surface area contributed by atoms with Gasteiger partial charge in [-0.15, -0.1) is 15.0 Å². The lowest BCUT2D eigenvalue weighted by molar-refractivity contribution is 0.0730. The maximum absolute atomic E-state index is 10.9. The van der Waals surface area contributed by atoms with E-state index >= 15 is 0 Å². The third kappa shape index (κ3) is 6.41. The van der Waals surface area contributed by atoms with Crippen molar-refractivity contribution in [2.45, 2.75) is 64.6 Å². The molecule has 0 aliphatic heterocycles. The zero-order valence-electron chi connectivity index (χ0n) is 29.7. The van der Waals surface area contributed by atoms with E-state index in [2.05, 4.69) is 128 Å². The summed E-state index contributed by atoms with van der Waals surface area (Å²) >= 11 is 0. The molecule has 7 aromatic rings. The normalized spacial score (nSPS) is 11.9. The SMILES string of the molecule is CCCc1nc(C(C)(C)O)c(CC)n1Cc1ccc(-c2ccccc2-c2nnn(C(c3ccccc3)(c3ccccc3)c3ccccc3)n2)cc1. The average Bonchev–Trinajstić information content (AvgIpc) is 3.79. The number of hydrogen-bond acceptors (Lipinski definition) is 5. The number of aromatic nitrogens is 6. The van der Waals surface area contributed by atoms with Gasteiger partial charge >= 0.3 is 0 Å². The molecule has 7 nitrogen and oxygen atoms in total. The van der Waals surface area contributed by atoms with Crippen molar-refractivity contribution in [3.63, 3.8) is 0 Å². The lowest BCUT2D eigenvalue weighted by Gasteiger charge is -2.34. The Balaban J connectivity index is 1.28. The molecule has 0 amide bonds. The minimum Gasteiger partial charge on any atom is -0.384 e. The summed E-state index contributed by atoms with van der Waals surface area (Å²) in [7, 11) is 0. The number of hydrogen-bond donors (Lipinski definition) is 1. The van der Waals surface area contributed by atoms with Crippen molar-refractivity contribution >= 4 is 0 Å². The lowest BCUT2D eigenvalue weighted by atomic mass is 9.77. The van der Waals surface area contributed by atoms with Gasteiger partial charge in [-0.2, -0.15) is 0 Å². The third-order valence-corrected chi connectivity index (χ3v) is 9.60. The van der Waals surface area contributed by atoms with Gasteiger partial charge in [0.1, 0.15) is 11.4 Å². The fourth-order valence-corrected chi connectivity index (χ4v) is 7.24. The average molecular weight is 673 g/mol. The Morgan fingerprint density at radius 3 is 1.69 bits per heavy atom. The van der Waals surface area contributed by atoms with Gasteiger partial charge in [-0.25, -0.2) is 4.98 Å². The number of imidazole rings is 1. The molecule has 0 atom stereocenters. The van der Waals surface area contributed by atoms with Crippen LogP contribution >= 0.6 is 0 Å². The van der Waals surface area contributed by atoms with E-state index < -0.39 is 11.1 Å². The molecule has 2 aromatic heterocycles. The van der Waals surface area contributed by atoms with E-state index in [1.165, 1.54) is 5.56 Å². The van der Waals surface area contributed by atoms with Crippen molar-refractivity contribution < 1.29 is 5.11 Å². The van der Waals surface area contributed by atoms with Crippen LogP contribution in [-0.2, 0) is 30.5 Å². The van der Waals surface area contributed by atoms with Crippen molar-refractivity contribution in [2.75, 3.05) is 0 Å². The lowest BCUT2D eigenvalue weighted by Crippen LogP contribution is -2.39. The quantitative estimate of drug-likeness (QED) is 0.131.